The van der Waals surface area contributed by atoms with Crippen molar-refractivity contribution < 1.29 is 4.79 Å². The zero-order chi connectivity index (χ0) is 12.8. The predicted molar refractivity (Wildman–Crippen MR) is 72.2 cm³/mol. The third-order valence-corrected chi connectivity index (χ3v) is 2.79. The summed E-state index contributed by atoms with van der Waals surface area (Å²) in [7, 11) is 1.97. The SMILES string of the molecule is CCCCCN(C)c1ccc(N)cc1C(N)=O. The number of primary amides is 1. The van der Waals surface area contributed by atoms with Crippen molar-refractivity contribution in [2.45, 2.75) is 26.2 Å². The average molecular weight is 235 g/mol. The molecular formula is C13H21N3O. The quantitative estimate of drug-likeness (QED) is 0.585. The number of carbonyl (C=O) groups is 1. The largest absolute Gasteiger partial charge is 0.399 e. The molecule has 0 spiro atoms. The van der Waals surface area contributed by atoms with Crippen molar-refractivity contribution in [3.8, 4) is 0 Å². The summed E-state index contributed by atoms with van der Waals surface area (Å²) in [5.41, 5.74) is 12.9. The van der Waals surface area contributed by atoms with Gasteiger partial charge in [-0.15, -0.1) is 0 Å². The Hall–Kier alpha value is -1.71. The minimum Gasteiger partial charge on any atom is -0.399 e. The van der Waals surface area contributed by atoms with E-state index >= 15 is 0 Å². The molecule has 94 valence electrons. The van der Waals surface area contributed by atoms with Gasteiger partial charge in [0.05, 0.1) is 5.56 Å². The van der Waals surface area contributed by atoms with Crippen LogP contribution < -0.4 is 16.4 Å². The van der Waals surface area contributed by atoms with E-state index in [0.29, 0.717) is 11.3 Å². The first-order valence-corrected chi connectivity index (χ1v) is 5.96. The van der Waals surface area contributed by atoms with Gasteiger partial charge in [0.1, 0.15) is 0 Å². The van der Waals surface area contributed by atoms with Crippen LogP contribution in [-0.2, 0) is 0 Å². The third-order valence-electron chi connectivity index (χ3n) is 2.79. The third kappa shape index (κ3) is 3.66. The normalized spacial score (nSPS) is 10.2. The van der Waals surface area contributed by atoms with Gasteiger partial charge in [0.15, 0.2) is 0 Å². The summed E-state index contributed by atoms with van der Waals surface area (Å²) >= 11 is 0. The van der Waals surface area contributed by atoms with E-state index in [9.17, 15) is 4.79 Å². The van der Waals surface area contributed by atoms with Gasteiger partial charge in [-0.2, -0.15) is 0 Å². The van der Waals surface area contributed by atoms with E-state index in [-0.39, 0.29) is 0 Å². The molecule has 0 saturated heterocycles. The van der Waals surface area contributed by atoms with Crippen LogP contribution in [0.3, 0.4) is 0 Å². The molecule has 1 aromatic rings. The summed E-state index contributed by atoms with van der Waals surface area (Å²) in [6.07, 6.45) is 3.47. The molecule has 4 nitrogen and oxygen atoms in total. The van der Waals surface area contributed by atoms with Crippen LogP contribution in [0, 0.1) is 0 Å². The van der Waals surface area contributed by atoms with Gasteiger partial charge in [-0.05, 0) is 24.6 Å². The maximum absolute atomic E-state index is 11.3. The van der Waals surface area contributed by atoms with Crippen molar-refractivity contribution in [2.75, 3.05) is 24.2 Å². The summed E-state index contributed by atoms with van der Waals surface area (Å²) < 4.78 is 0. The molecule has 0 heterocycles. The highest BCUT2D eigenvalue weighted by Gasteiger charge is 2.11. The Bertz CT molecular complexity index is 390. The maximum atomic E-state index is 11.3. The molecule has 4 N–H and O–H groups in total. The number of carbonyl (C=O) groups excluding carboxylic acids is 1. The second-order valence-corrected chi connectivity index (χ2v) is 4.27. The van der Waals surface area contributed by atoms with Crippen LogP contribution in [0.1, 0.15) is 36.5 Å². The second kappa shape index (κ2) is 6.13. The van der Waals surface area contributed by atoms with Gasteiger partial charge in [0.25, 0.3) is 5.91 Å². The van der Waals surface area contributed by atoms with Gasteiger partial charge < -0.3 is 16.4 Å². The lowest BCUT2D eigenvalue weighted by atomic mass is 10.1. The van der Waals surface area contributed by atoms with E-state index < -0.39 is 5.91 Å². The van der Waals surface area contributed by atoms with Crippen LogP contribution in [-0.4, -0.2) is 19.5 Å². The van der Waals surface area contributed by atoms with E-state index in [0.717, 1.165) is 18.7 Å². The van der Waals surface area contributed by atoms with Gasteiger partial charge in [-0.25, -0.2) is 0 Å². The van der Waals surface area contributed by atoms with Crippen LogP contribution in [0.2, 0.25) is 0 Å². The first-order valence-electron chi connectivity index (χ1n) is 5.96. The highest BCUT2D eigenvalue weighted by Crippen LogP contribution is 2.22. The summed E-state index contributed by atoms with van der Waals surface area (Å²) in [6.45, 7) is 3.08. The summed E-state index contributed by atoms with van der Waals surface area (Å²) in [6, 6.07) is 5.27. The predicted octanol–water partition coefficient (Wildman–Crippen LogP) is 1.99. The molecular weight excluding hydrogens is 214 g/mol. The second-order valence-electron chi connectivity index (χ2n) is 4.27. The number of nitrogens with two attached hydrogens (primary N) is 2. The fourth-order valence-corrected chi connectivity index (χ4v) is 1.80. The number of nitrogen functional groups attached to an aromatic ring is 1. The number of hydrogen-bond donors (Lipinski definition) is 2. The first-order chi connectivity index (χ1) is 8.06. The van der Waals surface area contributed by atoms with Gasteiger partial charge in [0.2, 0.25) is 0 Å². The minimum absolute atomic E-state index is 0.436. The molecule has 4 heteroatoms. The number of hydrogen-bond acceptors (Lipinski definition) is 3. The van der Waals surface area contributed by atoms with Crippen LogP contribution in [0.25, 0.3) is 0 Å². The highest BCUT2D eigenvalue weighted by atomic mass is 16.1. The number of rotatable bonds is 6. The summed E-state index contributed by atoms with van der Waals surface area (Å²) in [5, 5.41) is 0. The number of amides is 1. The standard InChI is InChI=1S/C13H21N3O/c1-3-4-5-8-16(2)12-7-6-10(14)9-11(12)13(15)17/h6-7,9H,3-5,8,14H2,1-2H3,(H2,15,17). The fraction of sp³-hybridized carbons (Fsp3) is 0.462. The van der Waals surface area contributed by atoms with Crippen molar-refractivity contribution in [3.05, 3.63) is 23.8 Å². The number of anilines is 2. The Morgan fingerprint density at radius 1 is 1.35 bits per heavy atom. The Morgan fingerprint density at radius 2 is 2.06 bits per heavy atom. The molecule has 0 saturated carbocycles. The van der Waals surface area contributed by atoms with Crippen molar-refractivity contribution in [2.24, 2.45) is 5.73 Å². The van der Waals surface area contributed by atoms with Crippen LogP contribution in [0.5, 0.6) is 0 Å². The number of nitrogens with zero attached hydrogens (tertiary/aromatic N) is 1. The summed E-state index contributed by atoms with van der Waals surface area (Å²) in [5.74, 6) is -0.436. The lowest BCUT2D eigenvalue weighted by molar-refractivity contribution is 0.100. The zero-order valence-electron chi connectivity index (χ0n) is 10.6. The molecule has 0 radical (unpaired) electrons. The Labute approximate surface area is 103 Å². The van der Waals surface area contributed by atoms with Gasteiger partial charge in [-0.3, -0.25) is 4.79 Å². The van der Waals surface area contributed by atoms with Gasteiger partial charge >= 0.3 is 0 Å². The zero-order valence-corrected chi connectivity index (χ0v) is 10.6. The summed E-state index contributed by atoms with van der Waals surface area (Å²) in [4.78, 5) is 13.4. The monoisotopic (exact) mass is 235 g/mol. The van der Waals surface area contributed by atoms with Crippen LogP contribution >= 0.6 is 0 Å². The number of benzene rings is 1. The molecule has 0 atom stereocenters. The fourth-order valence-electron chi connectivity index (χ4n) is 1.80. The van der Waals surface area contributed by atoms with E-state index in [4.69, 9.17) is 11.5 Å². The smallest absolute Gasteiger partial charge is 0.250 e. The van der Waals surface area contributed by atoms with Crippen molar-refractivity contribution in [3.63, 3.8) is 0 Å². The highest BCUT2D eigenvalue weighted by molar-refractivity contribution is 5.99. The lowest BCUT2D eigenvalue weighted by Crippen LogP contribution is -2.23. The van der Waals surface area contributed by atoms with Crippen molar-refractivity contribution in [1.82, 2.24) is 0 Å². The minimum atomic E-state index is -0.436. The molecule has 0 aliphatic heterocycles. The molecule has 0 bridgehead atoms. The maximum Gasteiger partial charge on any atom is 0.250 e. The van der Waals surface area contributed by atoms with Crippen LogP contribution in [0.15, 0.2) is 18.2 Å². The molecule has 0 aliphatic rings. The molecule has 1 amide bonds. The Kier molecular flexibility index (Phi) is 4.82. The average Bonchev–Trinajstić information content (AvgIpc) is 2.29. The molecule has 1 aromatic carbocycles. The van der Waals surface area contributed by atoms with E-state index in [1.54, 1.807) is 12.1 Å². The molecule has 0 aliphatic carbocycles. The van der Waals surface area contributed by atoms with E-state index in [2.05, 4.69) is 11.8 Å². The Morgan fingerprint density at radius 3 is 2.65 bits per heavy atom. The molecule has 1 rings (SSSR count). The molecule has 0 unspecified atom stereocenters. The topological polar surface area (TPSA) is 72.3 Å². The number of unbranched alkanes of at least 4 members (excludes halogenated alkanes) is 2. The van der Waals surface area contributed by atoms with Crippen molar-refractivity contribution >= 4 is 17.3 Å². The molecule has 0 aromatic heterocycles. The van der Waals surface area contributed by atoms with E-state index in [1.165, 1.54) is 12.8 Å². The van der Waals surface area contributed by atoms with Crippen molar-refractivity contribution in [1.29, 1.82) is 0 Å². The van der Waals surface area contributed by atoms with E-state index in [1.807, 2.05) is 13.1 Å². The van der Waals surface area contributed by atoms with Gasteiger partial charge in [-0.1, -0.05) is 19.8 Å². The van der Waals surface area contributed by atoms with Crippen LogP contribution in [0.4, 0.5) is 11.4 Å². The lowest BCUT2D eigenvalue weighted by Gasteiger charge is -2.21. The van der Waals surface area contributed by atoms with Gasteiger partial charge in [0, 0.05) is 25.0 Å². The Balaban J connectivity index is 2.84. The molecule has 0 fully saturated rings. The first kappa shape index (κ1) is 13.4. The molecule has 17 heavy (non-hydrogen) atoms.